The molecule has 0 aromatic heterocycles. The topological polar surface area (TPSA) is 0 Å². The van der Waals surface area contributed by atoms with E-state index in [1.54, 1.807) is 0 Å². The number of hydrogen-bond acceptors (Lipinski definition) is 0. The van der Waals surface area contributed by atoms with Crippen LogP contribution in [0.3, 0.4) is 0 Å². The molecule has 0 amide bonds. The van der Waals surface area contributed by atoms with Gasteiger partial charge in [0.1, 0.15) is 0 Å². The zero-order valence-electron chi connectivity index (χ0n) is 11.6. The van der Waals surface area contributed by atoms with E-state index >= 15 is 0 Å². The average molecular weight is 256 g/mol. The molecule has 0 fully saturated rings. The molecular formula is C17H21P. The van der Waals surface area contributed by atoms with Crippen LogP contribution >= 0.6 is 7.92 Å². The van der Waals surface area contributed by atoms with Gasteiger partial charge >= 0.3 is 0 Å². The van der Waals surface area contributed by atoms with Crippen LogP contribution in [-0.2, 0) is 5.41 Å². The molecule has 0 radical (unpaired) electrons. The molecule has 0 bridgehead atoms. The first kappa shape index (κ1) is 13.3. The van der Waals surface area contributed by atoms with Crippen LogP contribution in [0.4, 0.5) is 0 Å². The molecule has 0 aliphatic carbocycles. The fourth-order valence-electron chi connectivity index (χ4n) is 2.19. The minimum absolute atomic E-state index is 0.210. The van der Waals surface area contributed by atoms with Gasteiger partial charge in [-0.25, -0.2) is 0 Å². The molecule has 0 nitrogen and oxygen atoms in total. The largest absolute Gasteiger partial charge is 0.0622 e. The highest BCUT2D eigenvalue weighted by Crippen LogP contribution is 2.34. The van der Waals surface area contributed by atoms with Crippen LogP contribution in [0.5, 0.6) is 0 Å². The van der Waals surface area contributed by atoms with Crippen molar-refractivity contribution in [3.05, 3.63) is 60.2 Å². The summed E-state index contributed by atoms with van der Waals surface area (Å²) >= 11 is 0. The number of benzene rings is 2. The van der Waals surface area contributed by atoms with Gasteiger partial charge in [0.05, 0.1) is 0 Å². The molecule has 0 heterocycles. The summed E-state index contributed by atoms with van der Waals surface area (Å²) in [6.07, 6.45) is 0. The van der Waals surface area contributed by atoms with Crippen molar-refractivity contribution in [1.29, 1.82) is 0 Å². The molecule has 0 N–H and O–H groups in total. The lowest BCUT2D eigenvalue weighted by atomic mass is 9.87. The zero-order chi connectivity index (χ0) is 13.2. The molecule has 1 atom stereocenters. The van der Waals surface area contributed by atoms with E-state index in [9.17, 15) is 0 Å². The summed E-state index contributed by atoms with van der Waals surface area (Å²) in [5.41, 5.74) is 1.68. The molecule has 0 saturated heterocycles. The normalized spacial score (nSPS) is 13.3. The molecule has 1 unspecified atom stereocenters. The van der Waals surface area contributed by atoms with Gasteiger partial charge in [0, 0.05) is 0 Å². The number of hydrogen-bond donors (Lipinski definition) is 0. The van der Waals surface area contributed by atoms with E-state index in [2.05, 4.69) is 82.0 Å². The summed E-state index contributed by atoms with van der Waals surface area (Å²) in [6, 6.07) is 19.7. The SMILES string of the molecule is CP(c1ccccc1)c1ccccc1C(C)(C)C. The molecule has 0 spiro atoms. The Morgan fingerprint density at radius 2 is 1.33 bits per heavy atom. The van der Waals surface area contributed by atoms with Crippen LogP contribution in [0, 0.1) is 0 Å². The van der Waals surface area contributed by atoms with Gasteiger partial charge in [0.25, 0.3) is 0 Å². The Labute approximate surface area is 112 Å². The summed E-state index contributed by atoms with van der Waals surface area (Å²) in [5.74, 6) is 0. The fraction of sp³-hybridized carbons (Fsp3) is 0.294. The van der Waals surface area contributed by atoms with Gasteiger partial charge in [0.2, 0.25) is 0 Å². The van der Waals surface area contributed by atoms with Crippen molar-refractivity contribution in [1.82, 2.24) is 0 Å². The van der Waals surface area contributed by atoms with E-state index in [-0.39, 0.29) is 13.3 Å². The summed E-state index contributed by atoms with van der Waals surface area (Å²) in [6.45, 7) is 9.23. The second-order valence-corrected chi connectivity index (χ2v) is 7.78. The summed E-state index contributed by atoms with van der Waals surface area (Å²) in [4.78, 5) is 0. The standard InChI is InChI=1S/C17H21P/c1-17(2,3)15-12-8-9-13-16(15)18(4)14-10-6-5-7-11-14/h5-13H,1-4H3. The van der Waals surface area contributed by atoms with E-state index in [0.29, 0.717) is 0 Å². The van der Waals surface area contributed by atoms with E-state index in [1.807, 2.05) is 0 Å². The van der Waals surface area contributed by atoms with Crippen LogP contribution < -0.4 is 10.6 Å². The fourth-order valence-corrected chi connectivity index (χ4v) is 4.17. The first-order chi connectivity index (χ1) is 8.50. The number of rotatable bonds is 2. The highest BCUT2D eigenvalue weighted by Gasteiger charge is 2.20. The molecule has 18 heavy (non-hydrogen) atoms. The summed E-state index contributed by atoms with van der Waals surface area (Å²) in [5, 5.41) is 2.95. The van der Waals surface area contributed by atoms with Crippen LogP contribution in [0.1, 0.15) is 26.3 Å². The second kappa shape index (κ2) is 5.24. The highest BCUT2D eigenvalue weighted by atomic mass is 31.1. The third-order valence-corrected chi connectivity index (χ3v) is 5.40. The van der Waals surface area contributed by atoms with Crippen LogP contribution in [-0.4, -0.2) is 6.66 Å². The molecule has 94 valence electrons. The monoisotopic (exact) mass is 256 g/mol. The maximum absolute atomic E-state index is 2.36. The van der Waals surface area contributed by atoms with Crippen molar-refractivity contribution in [3.8, 4) is 0 Å². The molecule has 0 aliphatic heterocycles. The lowest BCUT2D eigenvalue weighted by molar-refractivity contribution is 0.594. The third-order valence-electron chi connectivity index (χ3n) is 3.22. The smallest absolute Gasteiger partial charge is 0.0125 e. The highest BCUT2D eigenvalue weighted by molar-refractivity contribution is 7.72. The zero-order valence-corrected chi connectivity index (χ0v) is 12.5. The maximum atomic E-state index is 2.36. The maximum Gasteiger partial charge on any atom is -0.0125 e. The van der Waals surface area contributed by atoms with Crippen LogP contribution in [0.2, 0.25) is 0 Å². The Kier molecular flexibility index (Phi) is 3.88. The van der Waals surface area contributed by atoms with Crippen LogP contribution in [0.25, 0.3) is 0 Å². The Morgan fingerprint density at radius 1 is 0.778 bits per heavy atom. The Hall–Kier alpha value is -1.13. The van der Waals surface area contributed by atoms with Gasteiger partial charge in [-0.2, -0.15) is 0 Å². The lowest BCUT2D eigenvalue weighted by Crippen LogP contribution is -2.23. The molecule has 2 aromatic rings. The predicted molar refractivity (Wildman–Crippen MR) is 83.7 cm³/mol. The van der Waals surface area contributed by atoms with Gasteiger partial charge in [-0.05, 0) is 36.2 Å². The first-order valence-corrected chi connectivity index (χ1v) is 8.17. The van der Waals surface area contributed by atoms with Crippen molar-refractivity contribution in [2.24, 2.45) is 0 Å². The van der Waals surface area contributed by atoms with E-state index in [4.69, 9.17) is 0 Å². The summed E-state index contributed by atoms with van der Waals surface area (Å²) < 4.78 is 0. The molecule has 1 heteroatoms. The van der Waals surface area contributed by atoms with E-state index in [0.717, 1.165) is 0 Å². The Balaban J connectivity index is 2.46. The minimum Gasteiger partial charge on any atom is -0.0622 e. The van der Waals surface area contributed by atoms with Crippen molar-refractivity contribution in [3.63, 3.8) is 0 Å². The average Bonchev–Trinajstić information content (AvgIpc) is 2.38. The van der Waals surface area contributed by atoms with Gasteiger partial charge in [0.15, 0.2) is 0 Å². The molecule has 0 saturated carbocycles. The molecule has 2 rings (SSSR count). The Bertz CT molecular complexity index is 509. The van der Waals surface area contributed by atoms with Gasteiger partial charge in [-0.1, -0.05) is 75.4 Å². The summed E-state index contributed by atoms with van der Waals surface area (Å²) in [7, 11) is -0.256. The third kappa shape index (κ3) is 2.82. The minimum atomic E-state index is -0.256. The van der Waals surface area contributed by atoms with Crippen LogP contribution in [0.15, 0.2) is 54.6 Å². The van der Waals surface area contributed by atoms with Crippen molar-refractivity contribution in [2.75, 3.05) is 6.66 Å². The van der Waals surface area contributed by atoms with Gasteiger partial charge in [-0.3, -0.25) is 0 Å². The second-order valence-electron chi connectivity index (χ2n) is 5.66. The molecular weight excluding hydrogens is 235 g/mol. The van der Waals surface area contributed by atoms with Crippen molar-refractivity contribution in [2.45, 2.75) is 26.2 Å². The molecule has 0 aliphatic rings. The van der Waals surface area contributed by atoms with Gasteiger partial charge < -0.3 is 0 Å². The predicted octanol–water partition coefficient (Wildman–Crippen LogP) is 4.05. The van der Waals surface area contributed by atoms with Gasteiger partial charge in [-0.15, -0.1) is 0 Å². The lowest BCUT2D eigenvalue weighted by Gasteiger charge is -2.26. The molecule has 2 aromatic carbocycles. The first-order valence-electron chi connectivity index (χ1n) is 6.38. The quantitative estimate of drug-likeness (QED) is 0.711. The van der Waals surface area contributed by atoms with E-state index < -0.39 is 0 Å². The van der Waals surface area contributed by atoms with Crippen molar-refractivity contribution >= 4 is 18.5 Å². The van der Waals surface area contributed by atoms with Crippen molar-refractivity contribution < 1.29 is 0 Å². The Morgan fingerprint density at radius 3 is 1.94 bits per heavy atom. The van der Waals surface area contributed by atoms with E-state index in [1.165, 1.54) is 16.2 Å².